The smallest absolute Gasteiger partial charge is 0.352 e. The zero-order chi connectivity index (χ0) is 23.4. The van der Waals surface area contributed by atoms with Crippen molar-refractivity contribution < 1.29 is 33.6 Å². The molecule has 0 aromatic heterocycles. The molecule has 0 amide bonds. The lowest BCUT2D eigenvalue weighted by Gasteiger charge is -2.56. The summed E-state index contributed by atoms with van der Waals surface area (Å²) in [5.74, 6) is 0.203. The van der Waals surface area contributed by atoms with Crippen LogP contribution in [0.5, 0.6) is 11.5 Å². The number of nitrogens with zero attached hydrogens (tertiary/aromatic N) is 1. The summed E-state index contributed by atoms with van der Waals surface area (Å²) in [4.78, 5) is 26.0. The molecule has 5 atom stereocenters. The molecule has 1 N–H and O–H groups in total. The van der Waals surface area contributed by atoms with Gasteiger partial charge in [-0.25, -0.2) is 4.79 Å². The van der Waals surface area contributed by atoms with Crippen molar-refractivity contribution in [3.05, 3.63) is 35.1 Å². The van der Waals surface area contributed by atoms with E-state index in [-0.39, 0.29) is 6.04 Å². The predicted molar refractivity (Wildman–Crippen MR) is 116 cm³/mol. The van der Waals surface area contributed by atoms with Crippen LogP contribution in [-0.2, 0) is 30.9 Å². The molecule has 0 radical (unpaired) electrons. The third kappa shape index (κ3) is 3.03. The van der Waals surface area contributed by atoms with Gasteiger partial charge in [-0.05, 0) is 51.6 Å². The second kappa shape index (κ2) is 7.78. The molecular weight excluding hydrogens is 414 g/mol. The SMILES string of the molecule is CCN(C)[C@@H]1Cc2ccc(OC)c3c2[C@@]2(C)[C@@H](O3)C(OC(=O)[C@H](C)OC(C)=O)=CC[C@@]12O. The van der Waals surface area contributed by atoms with Crippen molar-refractivity contribution in [3.63, 3.8) is 0 Å². The lowest BCUT2D eigenvalue weighted by atomic mass is 9.54. The number of benzene rings is 1. The second-order valence-corrected chi connectivity index (χ2v) is 9.03. The predicted octanol–water partition coefficient (Wildman–Crippen LogP) is 2.10. The maximum atomic E-state index is 12.6. The van der Waals surface area contributed by atoms with E-state index in [0.29, 0.717) is 30.1 Å². The molecule has 174 valence electrons. The largest absolute Gasteiger partial charge is 0.493 e. The molecule has 0 bridgehead atoms. The molecule has 8 nitrogen and oxygen atoms in total. The maximum Gasteiger partial charge on any atom is 0.352 e. The van der Waals surface area contributed by atoms with Crippen LogP contribution >= 0.6 is 0 Å². The Morgan fingerprint density at radius 2 is 2.09 bits per heavy atom. The number of carbonyl (C=O) groups excluding carboxylic acids is 2. The zero-order valence-corrected chi connectivity index (χ0v) is 19.4. The van der Waals surface area contributed by atoms with Gasteiger partial charge in [-0.15, -0.1) is 0 Å². The highest BCUT2D eigenvalue weighted by Crippen LogP contribution is 2.62. The molecule has 3 aliphatic rings. The van der Waals surface area contributed by atoms with Gasteiger partial charge in [0.25, 0.3) is 0 Å². The number of hydrogen-bond acceptors (Lipinski definition) is 8. The van der Waals surface area contributed by atoms with E-state index in [1.807, 2.05) is 26.1 Å². The summed E-state index contributed by atoms with van der Waals surface area (Å²) >= 11 is 0. The Bertz CT molecular complexity index is 989. The van der Waals surface area contributed by atoms with E-state index in [1.54, 1.807) is 13.2 Å². The number of carbonyl (C=O) groups is 2. The summed E-state index contributed by atoms with van der Waals surface area (Å²) in [6.45, 7) is 7.51. The number of ether oxygens (including phenoxy) is 4. The van der Waals surface area contributed by atoms with Crippen LogP contribution in [0.25, 0.3) is 0 Å². The normalized spacial score (nSPS) is 30.7. The number of aliphatic hydroxyl groups is 1. The van der Waals surface area contributed by atoms with Gasteiger partial charge < -0.3 is 29.0 Å². The Balaban J connectivity index is 1.80. The third-order valence-electron chi connectivity index (χ3n) is 7.37. The summed E-state index contributed by atoms with van der Waals surface area (Å²) in [5, 5.41) is 12.2. The van der Waals surface area contributed by atoms with Gasteiger partial charge in [0.05, 0.1) is 18.1 Å². The maximum absolute atomic E-state index is 12.6. The first-order valence-electron chi connectivity index (χ1n) is 11.0. The Labute approximate surface area is 188 Å². The van der Waals surface area contributed by atoms with Crippen LogP contribution < -0.4 is 9.47 Å². The van der Waals surface area contributed by atoms with Crippen molar-refractivity contribution in [2.24, 2.45) is 0 Å². The molecule has 1 heterocycles. The molecule has 0 unspecified atom stereocenters. The number of esters is 2. The van der Waals surface area contributed by atoms with E-state index in [1.165, 1.54) is 13.8 Å². The lowest BCUT2D eigenvalue weighted by Crippen LogP contribution is -2.69. The molecule has 0 saturated heterocycles. The topological polar surface area (TPSA) is 94.5 Å². The summed E-state index contributed by atoms with van der Waals surface area (Å²) < 4.78 is 22.6. The minimum atomic E-state index is -1.15. The summed E-state index contributed by atoms with van der Waals surface area (Å²) in [6, 6.07) is 3.75. The standard InChI is InChI=1S/C24H31NO7/c1-7-25(5)18-12-15-8-9-16(29-6)20-19(15)23(4)21(32-20)17(10-11-24(18,23)28)31-22(27)13(2)30-14(3)26/h8-10,13,18,21,28H,7,11-12H2,1-6H3/t13-,18+,21-,23-,24+/m0/s1. The fraction of sp³-hybridized carbons (Fsp3) is 0.583. The van der Waals surface area contributed by atoms with E-state index in [9.17, 15) is 14.7 Å². The molecule has 4 rings (SSSR count). The highest BCUT2D eigenvalue weighted by molar-refractivity contribution is 5.79. The zero-order valence-electron chi connectivity index (χ0n) is 19.4. The monoisotopic (exact) mass is 445 g/mol. The van der Waals surface area contributed by atoms with Crippen molar-refractivity contribution >= 4 is 11.9 Å². The van der Waals surface area contributed by atoms with Gasteiger partial charge in [-0.1, -0.05) is 13.0 Å². The van der Waals surface area contributed by atoms with Gasteiger partial charge in [0.15, 0.2) is 23.7 Å². The van der Waals surface area contributed by atoms with Crippen LogP contribution in [-0.4, -0.2) is 66.5 Å². The molecule has 1 aromatic rings. The Morgan fingerprint density at radius 1 is 1.38 bits per heavy atom. The van der Waals surface area contributed by atoms with Crippen LogP contribution in [0.3, 0.4) is 0 Å². The Hall–Kier alpha value is -2.58. The van der Waals surface area contributed by atoms with Gasteiger partial charge in [0.1, 0.15) is 5.76 Å². The summed E-state index contributed by atoms with van der Waals surface area (Å²) in [6.07, 6.45) is 0.906. The first-order chi connectivity index (χ1) is 15.1. The van der Waals surface area contributed by atoms with Crippen molar-refractivity contribution in [1.29, 1.82) is 0 Å². The molecular formula is C24H31NO7. The quantitative estimate of drug-likeness (QED) is 0.666. The van der Waals surface area contributed by atoms with Gasteiger partial charge in [-0.3, -0.25) is 4.79 Å². The molecule has 2 aliphatic carbocycles. The molecule has 0 fully saturated rings. The molecule has 1 aromatic carbocycles. The van der Waals surface area contributed by atoms with Crippen LogP contribution in [0.2, 0.25) is 0 Å². The number of likely N-dealkylation sites (N-methyl/N-ethyl adjacent to an activating group) is 1. The molecule has 0 spiro atoms. The first-order valence-corrected chi connectivity index (χ1v) is 11.0. The van der Waals surface area contributed by atoms with Crippen molar-refractivity contribution in [2.75, 3.05) is 20.7 Å². The lowest BCUT2D eigenvalue weighted by molar-refractivity contribution is -0.166. The third-order valence-corrected chi connectivity index (χ3v) is 7.37. The average molecular weight is 446 g/mol. The number of rotatable bonds is 6. The average Bonchev–Trinajstić information content (AvgIpc) is 3.08. The van der Waals surface area contributed by atoms with E-state index < -0.39 is 35.2 Å². The van der Waals surface area contributed by atoms with Gasteiger partial charge in [0.2, 0.25) is 0 Å². The fourth-order valence-electron chi connectivity index (χ4n) is 5.54. The first kappa shape index (κ1) is 22.6. The minimum Gasteiger partial charge on any atom is -0.493 e. The Morgan fingerprint density at radius 3 is 2.72 bits per heavy atom. The van der Waals surface area contributed by atoms with Crippen molar-refractivity contribution in [1.82, 2.24) is 4.90 Å². The van der Waals surface area contributed by atoms with Crippen molar-refractivity contribution in [2.45, 2.75) is 69.8 Å². The number of hydrogen-bond donors (Lipinski definition) is 1. The Kier molecular flexibility index (Phi) is 5.49. The highest BCUT2D eigenvalue weighted by Gasteiger charge is 2.68. The summed E-state index contributed by atoms with van der Waals surface area (Å²) in [5.41, 5.74) is -0.0284. The van der Waals surface area contributed by atoms with Gasteiger partial charge in [-0.2, -0.15) is 0 Å². The van der Waals surface area contributed by atoms with E-state index >= 15 is 0 Å². The fourth-order valence-corrected chi connectivity index (χ4v) is 5.54. The van der Waals surface area contributed by atoms with E-state index in [2.05, 4.69) is 11.8 Å². The summed E-state index contributed by atoms with van der Waals surface area (Å²) in [7, 11) is 3.58. The molecule has 8 heteroatoms. The van der Waals surface area contributed by atoms with E-state index in [0.717, 1.165) is 17.7 Å². The van der Waals surface area contributed by atoms with Crippen LogP contribution in [0.4, 0.5) is 0 Å². The molecule has 1 aliphatic heterocycles. The van der Waals surface area contributed by atoms with Crippen LogP contribution in [0.15, 0.2) is 24.0 Å². The van der Waals surface area contributed by atoms with Crippen LogP contribution in [0.1, 0.15) is 45.2 Å². The van der Waals surface area contributed by atoms with Gasteiger partial charge >= 0.3 is 11.9 Å². The van der Waals surface area contributed by atoms with Crippen molar-refractivity contribution in [3.8, 4) is 11.5 Å². The molecule has 32 heavy (non-hydrogen) atoms. The molecule has 0 saturated carbocycles. The highest BCUT2D eigenvalue weighted by atomic mass is 16.6. The second-order valence-electron chi connectivity index (χ2n) is 9.03. The minimum absolute atomic E-state index is 0.149. The number of methoxy groups -OCH3 is 1. The van der Waals surface area contributed by atoms with Gasteiger partial charge in [0, 0.05) is 24.9 Å². The van der Waals surface area contributed by atoms with E-state index in [4.69, 9.17) is 18.9 Å². The van der Waals surface area contributed by atoms with Crippen LogP contribution in [0, 0.1) is 0 Å².